The fraction of sp³-hybridized carbons (Fsp3) is 0.954. The molecule has 0 saturated carbocycles. The lowest BCUT2D eigenvalue weighted by Crippen LogP contribution is -2.30. The van der Waals surface area contributed by atoms with Crippen LogP contribution in [0, 0.1) is 5.92 Å². The lowest BCUT2D eigenvalue weighted by molar-refractivity contribution is -0.161. The van der Waals surface area contributed by atoms with Gasteiger partial charge in [-0.3, -0.25) is 37.3 Å². The molecule has 0 saturated heterocycles. The molecule has 0 rings (SSSR count). The minimum atomic E-state index is -4.97. The van der Waals surface area contributed by atoms with Crippen molar-refractivity contribution < 1.29 is 80.2 Å². The molecular formula is C87H170O17P2. The summed E-state index contributed by atoms with van der Waals surface area (Å²) in [4.78, 5) is 73.3. The molecule has 106 heavy (non-hydrogen) atoms. The molecule has 0 aromatic carbocycles. The third-order valence-electron chi connectivity index (χ3n) is 20.9. The molecule has 0 aliphatic heterocycles. The zero-order valence-electron chi connectivity index (χ0n) is 69.6. The first kappa shape index (κ1) is 104. The fourth-order valence-corrected chi connectivity index (χ4v) is 15.2. The standard InChI is InChI=1S/C87H170O17P2/c1-6-10-13-16-19-22-25-27-29-30-31-32-33-34-35-37-43-48-53-58-63-68-73-87(92)104-83(77-98-85(90)71-66-61-56-51-46-41-39-38-40-45-49-54-59-64-69-80(5)9-4)79-102-106(95,96)100-75-81(88)74-99-105(93,94)101-78-82(76-97-84(89)70-65-60-55-50-44-24-21-18-15-12-8-3)103-86(91)72-67-62-57-52-47-42-36-28-26-23-20-17-14-11-7-2/h80-83,88H,6-79H2,1-5H3,(H,93,94)(H,95,96)/t80?,81-,82+,83+/m0/s1. The van der Waals surface area contributed by atoms with Gasteiger partial charge < -0.3 is 33.8 Å². The lowest BCUT2D eigenvalue weighted by atomic mass is 9.99. The summed E-state index contributed by atoms with van der Waals surface area (Å²) in [6.45, 7) is 7.42. The molecule has 0 radical (unpaired) electrons. The van der Waals surface area contributed by atoms with Crippen LogP contribution in [-0.4, -0.2) is 96.7 Å². The molecule has 0 aromatic heterocycles. The summed E-state index contributed by atoms with van der Waals surface area (Å²) in [7, 11) is -9.93. The molecule has 0 aliphatic carbocycles. The highest BCUT2D eigenvalue weighted by molar-refractivity contribution is 7.47. The lowest BCUT2D eigenvalue weighted by Gasteiger charge is -2.21. The van der Waals surface area contributed by atoms with Gasteiger partial charge >= 0.3 is 39.5 Å². The van der Waals surface area contributed by atoms with E-state index in [1.54, 1.807) is 0 Å². The molecule has 0 spiro atoms. The third kappa shape index (κ3) is 78.7. The van der Waals surface area contributed by atoms with Gasteiger partial charge in [0, 0.05) is 25.7 Å². The van der Waals surface area contributed by atoms with Gasteiger partial charge in [0.05, 0.1) is 26.4 Å². The molecule has 17 nitrogen and oxygen atoms in total. The quantitative estimate of drug-likeness (QED) is 0.0222. The van der Waals surface area contributed by atoms with E-state index >= 15 is 0 Å². The molecule has 0 aromatic rings. The summed E-state index contributed by atoms with van der Waals surface area (Å²) in [6, 6.07) is 0. The zero-order chi connectivity index (χ0) is 77.6. The van der Waals surface area contributed by atoms with Gasteiger partial charge in [-0.25, -0.2) is 9.13 Å². The number of esters is 4. The fourth-order valence-electron chi connectivity index (χ4n) is 13.6. The zero-order valence-corrected chi connectivity index (χ0v) is 71.4. The molecule has 0 bridgehead atoms. The number of phosphoric ester groups is 2. The highest BCUT2D eigenvalue weighted by Gasteiger charge is 2.30. The average molecular weight is 1550 g/mol. The van der Waals surface area contributed by atoms with Crippen LogP contribution in [0.25, 0.3) is 0 Å². The van der Waals surface area contributed by atoms with E-state index in [-0.39, 0.29) is 25.7 Å². The van der Waals surface area contributed by atoms with E-state index in [2.05, 4.69) is 34.6 Å². The number of unbranched alkanes of at least 4 members (excludes halogenated alkanes) is 58. The van der Waals surface area contributed by atoms with E-state index in [1.165, 1.54) is 295 Å². The topological polar surface area (TPSA) is 237 Å². The summed E-state index contributed by atoms with van der Waals surface area (Å²) in [5.41, 5.74) is 0. The van der Waals surface area contributed by atoms with Gasteiger partial charge in [0.15, 0.2) is 12.2 Å². The second-order valence-corrected chi connectivity index (χ2v) is 34.4. The number of aliphatic hydroxyl groups excluding tert-OH is 1. The van der Waals surface area contributed by atoms with Crippen molar-refractivity contribution in [2.45, 2.75) is 490 Å². The summed E-state index contributed by atoms with van der Waals surface area (Å²) in [6.07, 6.45) is 73.5. The van der Waals surface area contributed by atoms with Crippen LogP contribution in [0.2, 0.25) is 0 Å². The van der Waals surface area contributed by atoms with Crippen molar-refractivity contribution in [1.82, 2.24) is 0 Å². The average Bonchev–Trinajstić information content (AvgIpc) is 0.901. The van der Waals surface area contributed by atoms with Crippen LogP contribution in [-0.2, 0) is 65.4 Å². The minimum absolute atomic E-state index is 0.109. The van der Waals surface area contributed by atoms with Crippen molar-refractivity contribution in [1.29, 1.82) is 0 Å². The van der Waals surface area contributed by atoms with Gasteiger partial charge in [-0.2, -0.15) is 0 Å². The maximum absolute atomic E-state index is 13.2. The molecular weight excluding hydrogens is 1380 g/mol. The molecule has 0 heterocycles. The van der Waals surface area contributed by atoms with E-state index in [4.69, 9.17) is 37.0 Å². The van der Waals surface area contributed by atoms with E-state index in [9.17, 15) is 43.2 Å². The Balaban J connectivity index is 5.23. The Morgan fingerprint density at radius 2 is 0.453 bits per heavy atom. The van der Waals surface area contributed by atoms with Crippen LogP contribution in [0.15, 0.2) is 0 Å². The van der Waals surface area contributed by atoms with Gasteiger partial charge in [0.25, 0.3) is 0 Å². The number of ether oxygens (including phenoxy) is 4. The van der Waals surface area contributed by atoms with Crippen LogP contribution in [0.3, 0.4) is 0 Å². The van der Waals surface area contributed by atoms with Gasteiger partial charge in [-0.05, 0) is 31.6 Å². The Bertz CT molecular complexity index is 2020. The van der Waals surface area contributed by atoms with Crippen molar-refractivity contribution in [2.75, 3.05) is 39.6 Å². The van der Waals surface area contributed by atoms with Gasteiger partial charge in [0.2, 0.25) is 0 Å². The Hall–Kier alpha value is -1.94. The van der Waals surface area contributed by atoms with Crippen molar-refractivity contribution in [2.24, 2.45) is 5.92 Å². The maximum atomic E-state index is 13.2. The molecule has 0 aliphatic rings. The summed E-state index contributed by atoms with van der Waals surface area (Å²) in [5.74, 6) is -1.25. The maximum Gasteiger partial charge on any atom is 0.472 e. The number of aliphatic hydroxyl groups is 1. The summed E-state index contributed by atoms with van der Waals surface area (Å²) in [5, 5.41) is 10.7. The van der Waals surface area contributed by atoms with Gasteiger partial charge in [-0.15, -0.1) is 0 Å². The predicted molar refractivity (Wildman–Crippen MR) is 437 cm³/mol. The van der Waals surface area contributed by atoms with Gasteiger partial charge in [-0.1, -0.05) is 420 Å². The first-order chi connectivity index (χ1) is 51.6. The number of phosphoric acid groups is 2. The first-order valence-electron chi connectivity index (χ1n) is 45.2. The third-order valence-corrected chi connectivity index (χ3v) is 22.8. The van der Waals surface area contributed by atoms with E-state index < -0.39 is 97.5 Å². The monoisotopic (exact) mass is 1550 g/mol. The van der Waals surface area contributed by atoms with E-state index in [1.807, 2.05) is 0 Å². The van der Waals surface area contributed by atoms with Crippen LogP contribution < -0.4 is 0 Å². The van der Waals surface area contributed by atoms with E-state index in [0.717, 1.165) is 95.8 Å². The Morgan fingerprint density at radius 3 is 0.670 bits per heavy atom. The molecule has 630 valence electrons. The van der Waals surface area contributed by atoms with Crippen molar-refractivity contribution in [3.05, 3.63) is 0 Å². The van der Waals surface area contributed by atoms with Crippen LogP contribution in [0.4, 0.5) is 0 Å². The number of hydrogen-bond donors (Lipinski definition) is 3. The van der Waals surface area contributed by atoms with Crippen molar-refractivity contribution in [3.8, 4) is 0 Å². The highest BCUT2D eigenvalue weighted by atomic mass is 31.2. The smallest absolute Gasteiger partial charge is 0.462 e. The van der Waals surface area contributed by atoms with Crippen molar-refractivity contribution >= 4 is 39.5 Å². The minimum Gasteiger partial charge on any atom is -0.462 e. The molecule has 3 N–H and O–H groups in total. The van der Waals surface area contributed by atoms with Crippen LogP contribution >= 0.6 is 15.6 Å². The molecule has 0 fully saturated rings. The van der Waals surface area contributed by atoms with Crippen molar-refractivity contribution in [3.63, 3.8) is 0 Å². The largest absolute Gasteiger partial charge is 0.472 e. The summed E-state index contributed by atoms with van der Waals surface area (Å²) < 4.78 is 68.9. The Kier molecular flexibility index (Phi) is 78.2. The number of carbonyl (C=O) groups is 4. The molecule has 3 unspecified atom stereocenters. The first-order valence-corrected chi connectivity index (χ1v) is 48.2. The number of carbonyl (C=O) groups excluding carboxylic acids is 4. The van der Waals surface area contributed by atoms with Gasteiger partial charge in [0.1, 0.15) is 19.3 Å². The summed E-state index contributed by atoms with van der Waals surface area (Å²) >= 11 is 0. The Morgan fingerprint density at radius 1 is 0.264 bits per heavy atom. The SMILES string of the molecule is CCCCCCCCCCCCCCCCCCCCCCCCC(=O)O[C@H](COC(=O)CCCCCCCCCCCCCCCCC(C)CC)COP(=O)(O)OC[C@@H](O)COP(=O)(O)OC[C@@H](COC(=O)CCCCCCCCCCCCC)OC(=O)CCCCCCCCCCCCCCCCC. The highest BCUT2D eigenvalue weighted by Crippen LogP contribution is 2.45. The molecule has 19 heteroatoms. The van der Waals surface area contributed by atoms with Crippen LogP contribution in [0.5, 0.6) is 0 Å². The number of hydrogen-bond acceptors (Lipinski definition) is 15. The van der Waals surface area contributed by atoms with E-state index in [0.29, 0.717) is 25.7 Å². The normalized spacial score (nSPS) is 14.0. The molecule has 6 atom stereocenters. The Labute approximate surface area is 651 Å². The van der Waals surface area contributed by atoms with Crippen LogP contribution in [0.1, 0.15) is 471 Å². The molecule has 0 amide bonds. The second-order valence-electron chi connectivity index (χ2n) is 31.5. The second kappa shape index (κ2) is 79.7. The number of rotatable bonds is 87. The predicted octanol–water partition coefficient (Wildman–Crippen LogP) is 26.8.